The van der Waals surface area contributed by atoms with Gasteiger partial charge in [0, 0.05) is 10.6 Å². The fourth-order valence-electron chi connectivity index (χ4n) is 1.10. The minimum Gasteiger partial charge on any atom is -0.320 e. The van der Waals surface area contributed by atoms with Crippen LogP contribution in [-0.4, -0.2) is 20.7 Å². The number of hydrogen-bond donors (Lipinski definition) is 2. The molecule has 0 spiro atoms. The second-order valence-electron chi connectivity index (χ2n) is 3.20. The van der Waals surface area contributed by atoms with E-state index in [1.165, 1.54) is 6.07 Å². The van der Waals surface area contributed by atoms with Crippen molar-refractivity contribution in [3.05, 3.63) is 28.8 Å². The second-order valence-corrected chi connectivity index (χ2v) is 5.65. The van der Waals surface area contributed by atoms with Crippen LogP contribution in [0.25, 0.3) is 0 Å². The molecule has 92 valence electrons. The van der Waals surface area contributed by atoms with Crippen LogP contribution in [0.5, 0.6) is 0 Å². The Kier molecular flexibility index (Phi) is 4.82. The van der Waals surface area contributed by atoms with Crippen LogP contribution in [0.4, 0.5) is 5.69 Å². The Morgan fingerprint density at radius 2 is 2.18 bits per heavy atom. The number of nitrogens with two attached hydrogens (primary N) is 1. The molecule has 1 aromatic carbocycles. The van der Waals surface area contributed by atoms with E-state index in [1.54, 1.807) is 19.1 Å². The fourth-order valence-corrected chi connectivity index (χ4v) is 1.92. The van der Waals surface area contributed by atoms with Crippen LogP contribution in [0.3, 0.4) is 0 Å². The molecule has 17 heavy (non-hydrogen) atoms. The summed E-state index contributed by atoms with van der Waals surface area (Å²) in [4.78, 5) is 0. The lowest BCUT2D eigenvalue weighted by molar-refractivity contribution is 0.602. The summed E-state index contributed by atoms with van der Waals surface area (Å²) in [6, 6.07) is 4.82. The predicted molar refractivity (Wildman–Crippen MR) is 70.5 cm³/mol. The molecule has 0 heterocycles. The first kappa shape index (κ1) is 13.8. The summed E-state index contributed by atoms with van der Waals surface area (Å²) >= 11 is 5.82. The maximum atomic E-state index is 11.5. The molecular formula is C11H13ClN2O2S. The van der Waals surface area contributed by atoms with Crippen molar-refractivity contribution in [2.45, 2.75) is 6.92 Å². The number of nitrogens with one attached hydrogen (secondary N) is 1. The summed E-state index contributed by atoms with van der Waals surface area (Å²) in [7, 11) is -3.34. The third-order valence-corrected chi connectivity index (χ3v) is 3.48. The SMILES string of the molecule is CCS(=O)(=O)Nc1cc(Cl)ccc1C#CCN. The number of rotatable bonds is 3. The molecule has 0 saturated carbocycles. The summed E-state index contributed by atoms with van der Waals surface area (Å²) < 4.78 is 25.4. The highest BCUT2D eigenvalue weighted by Gasteiger charge is 2.10. The van der Waals surface area contributed by atoms with Crippen molar-refractivity contribution < 1.29 is 8.42 Å². The van der Waals surface area contributed by atoms with Crippen LogP contribution in [-0.2, 0) is 10.0 Å². The molecule has 6 heteroatoms. The average molecular weight is 273 g/mol. The lowest BCUT2D eigenvalue weighted by Crippen LogP contribution is -2.15. The Morgan fingerprint density at radius 1 is 1.47 bits per heavy atom. The number of hydrogen-bond acceptors (Lipinski definition) is 3. The van der Waals surface area contributed by atoms with E-state index in [4.69, 9.17) is 17.3 Å². The maximum absolute atomic E-state index is 11.5. The highest BCUT2D eigenvalue weighted by Crippen LogP contribution is 2.21. The molecule has 0 atom stereocenters. The Bertz CT molecular complexity index is 559. The number of sulfonamides is 1. The second kappa shape index (κ2) is 5.92. The number of halogens is 1. The monoisotopic (exact) mass is 272 g/mol. The quantitative estimate of drug-likeness (QED) is 0.818. The summed E-state index contributed by atoms with van der Waals surface area (Å²) in [6.45, 7) is 1.76. The molecule has 0 radical (unpaired) electrons. The van der Waals surface area contributed by atoms with Gasteiger partial charge in [0.15, 0.2) is 0 Å². The van der Waals surface area contributed by atoms with Gasteiger partial charge in [-0.05, 0) is 25.1 Å². The van der Waals surface area contributed by atoms with Crippen LogP contribution in [0, 0.1) is 11.8 Å². The molecule has 0 aromatic heterocycles. The molecule has 0 unspecified atom stereocenters. The molecule has 4 nitrogen and oxygen atoms in total. The summed E-state index contributed by atoms with van der Waals surface area (Å²) in [5, 5.41) is 0.442. The van der Waals surface area contributed by atoms with Crippen molar-refractivity contribution >= 4 is 27.3 Å². The third-order valence-electron chi connectivity index (χ3n) is 1.95. The van der Waals surface area contributed by atoms with Gasteiger partial charge in [-0.1, -0.05) is 23.4 Å². The standard InChI is InChI=1S/C11H13ClN2O2S/c1-2-17(15,16)14-11-8-10(12)6-5-9(11)4-3-7-13/h5-6,8,14H,2,7,13H2,1H3. The zero-order chi connectivity index (χ0) is 12.9. The molecule has 3 N–H and O–H groups in total. The van der Waals surface area contributed by atoms with E-state index in [0.717, 1.165) is 0 Å². The highest BCUT2D eigenvalue weighted by atomic mass is 35.5. The van der Waals surface area contributed by atoms with Gasteiger partial charge in [0.1, 0.15) is 0 Å². The van der Waals surface area contributed by atoms with Crippen molar-refractivity contribution in [2.24, 2.45) is 5.73 Å². The van der Waals surface area contributed by atoms with Gasteiger partial charge in [-0.25, -0.2) is 8.42 Å². The van der Waals surface area contributed by atoms with Gasteiger partial charge in [0.25, 0.3) is 0 Å². The molecule has 0 aliphatic rings. The van der Waals surface area contributed by atoms with Crippen molar-refractivity contribution in [2.75, 3.05) is 17.0 Å². The molecule has 0 saturated heterocycles. The number of benzene rings is 1. The van der Waals surface area contributed by atoms with E-state index in [1.807, 2.05) is 0 Å². The van der Waals surface area contributed by atoms with Crippen molar-refractivity contribution in [1.29, 1.82) is 0 Å². The van der Waals surface area contributed by atoms with Gasteiger partial charge in [0.2, 0.25) is 10.0 Å². The normalized spacial score (nSPS) is 10.5. The number of anilines is 1. The first-order valence-corrected chi connectivity index (χ1v) is 7.00. The minimum absolute atomic E-state index is 0.0106. The molecule has 0 aliphatic heterocycles. The molecule has 0 bridgehead atoms. The third kappa shape index (κ3) is 4.27. The van der Waals surface area contributed by atoms with Crippen molar-refractivity contribution in [3.8, 4) is 11.8 Å². The first-order valence-electron chi connectivity index (χ1n) is 4.97. The Labute approximate surface area is 106 Å². The summed E-state index contributed by atoms with van der Waals surface area (Å²) in [6.07, 6.45) is 0. The van der Waals surface area contributed by atoms with Crippen LogP contribution in [0.1, 0.15) is 12.5 Å². The van der Waals surface area contributed by atoms with Crippen molar-refractivity contribution in [3.63, 3.8) is 0 Å². The van der Waals surface area contributed by atoms with Crippen LogP contribution in [0.2, 0.25) is 5.02 Å². The highest BCUT2D eigenvalue weighted by molar-refractivity contribution is 7.92. The van der Waals surface area contributed by atoms with E-state index < -0.39 is 10.0 Å². The molecular weight excluding hydrogens is 260 g/mol. The summed E-state index contributed by atoms with van der Waals surface area (Å²) in [5.41, 5.74) is 6.20. The van der Waals surface area contributed by atoms with Gasteiger partial charge in [-0.3, -0.25) is 4.72 Å². The molecule has 0 aliphatic carbocycles. The Hall–Kier alpha value is -1.22. The van der Waals surface area contributed by atoms with E-state index in [0.29, 0.717) is 16.3 Å². The zero-order valence-corrected chi connectivity index (χ0v) is 10.9. The van der Waals surface area contributed by atoms with Gasteiger partial charge in [-0.2, -0.15) is 0 Å². The van der Waals surface area contributed by atoms with E-state index in [2.05, 4.69) is 16.6 Å². The van der Waals surface area contributed by atoms with Gasteiger partial charge >= 0.3 is 0 Å². The molecule has 1 aromatic rings. The van der Waals surface area contributed by atoms with Crippen molar-refractivity contribution in [1.82, 2.24) is 0 Å². The Balaban J connectivity index is 3.16. The molecule has 0 fully saturated rings. The fraction of sp³-hybridized carbons (Fsp3) is 0.273. The van der Waals surface area contributed by atoms with Gasteiger partial charge in [-0.15, -0.1) is 0 Å². The van der Waals surface area contributed by atoms with E-state index in [9.17, 15) is 8.42 Å². The smallest absolute Gasteiger partial charge is 0.232 e. The van der Waals surface area contributed by atoms with E-state index in [-0.39, 0.29) is 12.3 Å². The molecule has 0 amide bonds. The predicted octanol–water partition coefficient (Wildman–Crippen LogP) is 1.41. The lowest BCUT2D eigenvalue weighted by atomic mass is 10.2. The molecule has 1 rings (SSSR count). The topological polar surface area (TPSA) is 72.2 Å². The van der Waals surface area contributed by atoms with Gasteiger partial charge in [0.05, 0.1) is 18.0 Å². The van der Waals surface area contributed by atoms with E-state index >= 15 is 0 Å². The Morgan fingerprint density at radius 3 is 2.76 bits per heavy atom. The van der Waals surface area contributed by atoms with Gasteiger partial charge < -0.3 is 5.73 Å². The van der Waals surface area contributed by atoms with Crippen LogP contribution < -0.4 is 10.5 Å². The van der Waals surface area contributed by atoms with Crippen LogP contribution in [0.15, 0.2) is 18.2 Å². The summed E-state index contributed by atoms with van der Waals surface area (Å²) in [5.74, 6) is 5.44. The first-order chi connectivity index (χ1) is 7.98. The zero-order valence-electron chi connectivity index (χ0n) is 9.33. The lowest BCUT2D eigenvalue weighted by Gasteiger charge is -2.08. The van der Waals surface area contributed by atoms with Crippen LogP contribution >= 0.6 is 11.6 Å². The average Bonchev–Trinajstić information content (AvgIpc) is 2.28. The minimum atomic E-state index is -3.34. The largest absolute Gasteiger partial charge is 0.320 e. The maximum Gasteiger partial charge on any atom is 0.232 e.